The molecule has 114 valence electrons. The Labute approximate surface area is 124 Å². The molecule has 21 heavy (non-hydrogen) atoms. The summed E-state index contributed by atoms with van der Waals surface area (Å²) in [4.78, 5) is 25.6. The summed E-state index contributed by atoms with van der Waals surface area (Å²) in [7, 11) is 0. The molecule has 0 saturated carbocycles. The van der Waals surface area contributed by atoms with Crippen LogP contribution >= 0.6 is 0 Å². The lowest BCUT2D eigenvalue weighted by molar-refractivity contribution is -0.122. The number of nitrogens with zero attached hydrogens (tertiary/aromatic N) is 1. The summed E-state index contributed by atoms with van der Waals surface area (Å²) >= 11 is 0. The van der Waals surface area contributed by atoms with E-state index in [0.717, 1.165) is 11.1 Å². The molecule has 1 aromatic carbocycles. The minimum Gasteiger partial charge on any atom is -0.379 e. The van der Waals surface area contributed by atoms with E-state index in [9.17, 15) is 9.59 Å². The van der Waals surface area contributed by atoms with Gasteiger partial charge >= 0.3 is 6.03 Å². The molecule has 0 radical (unpaired) electrons. The number of imide groups is 1. The van der Waals surface area contributed by atoms with Crippen LogP contribution in [0.5, 0.6) is 0 Å². The van der Waals surface area contributed by atoms with E-state index < -0.39 is 6.03 Å². The molecule has 0 atom stereocenters. The van der Waals surface area contributed by atoms with Crippen LogP contribution in [0, 0.1) is 13.8 Å². The number of benzene rings is 1. The smallest absolute Gasteiger partial charge is 0.325 e. The number of rotatable bonds is 3. The highest BCUT2D eigenvalue weighted by molar-refractivity contribution is 6.02. The van der Waals surface area contributed by atoms with Crippen molar-refractivity contribution in [2.75, 3.05) is 38.2 Å². The summed E-state index contributed by atoms with van der Waals surface area (Å²) in [6, 6.07) is 5.22. The normalized spacial score (nSPS) is 15.5. The molecule has 0 bridgehead atoms. The first kappa shape index (κ1) is 15.5. The summed E-state index contributed by atoms with van der Waals surface area (Å²) in [5, 5.41) is 5.04. The van der Waals surface area contributed by atoms with Gasteiger partial charge in [0.05, 0.1) is 19.8 Å². The molecule has 2 N–H and O–H groups in total. The molecule has 1 aliphatic rings. The maximum atomic E-state index is 11.8. The van der Waals surface area contributed by atoms with Crippen LogP contribution in [-0.2, 0) is 9.53 Å². The van der Waals surface area contributed by atoms with Gasteiger partial charge in [0.1, 0.15) is 0 Å². The van der Waals surface area contributed by atoms with Crippen LogP contribution < -0.4 is 10.6 Å². The molecule has 2 rings (SSSR count). The van der Waals surface area contributed by atoms with Crippen LogP contribution in [0.4, 0.5) is 10.5 Å². The van der Waals surface area contributed by atoms with Crippen molar-refractivity contribution in [3.63, 3.8) is 0 Å². The minimum atomic E-state index is -0.500. The Balaban J connectivity index is 1.81. The van der Waals surface area contributed by atoms with Crippen LogP contribution in [-0.4, -0.2) is 49.7 Å². The molecular formula is C15H21N3O3. The predicted molar refractivity (Wildman–Crippen MR) is 80.3 cm³/mol. The highest BCUT2D eigenvalue weighted by Crippen LogP contribution is 2.15. The molecule has 6 nitrogen and oxygen atoms in total. The van der Waals surface area contributed by atoms with E-state index in [-0.39, 0.29) is 12.5 Å². The van der Waals surface area contributed by atoms with Crippen LogP contribution in [0.25, 0.3) is 0 Å². The van der Waals surface area contributed by atoms with Crippen molar-refractivity contribution in [1.29, 1.82) is 0 Å². The van der Waals surface area contributed by atoms with E-state index >= 15 is 0 Å². The van der Waals surface area contributed by atoms with Gasteiger partial charge in [0.25, 0.3) is 0 Å². The van der Waals surface area contributed by atoms with Crippen molar-refractivity contribution in [3.8, 4) is 0 Å². The third kappa shape index (κ3) is 4.84. The standard InChI is InChI=1S/C15H21N3O3/c1-11-3-4-13(12(2)9-11)16-15(20)17-14(19)10-18-5-7-21-8-6-18/h3-4,9H,5-8,10H2,1-2H3,(H2,16,17,19,20). The lowest BCUT2D eigenvalue weighted by atomic mass is 10.1. The Morgan fingerprint density at radius 3 is 2.62 bits per heavy atom. The van der Waals surface area contributed by atoms with Crippen molar-refractivity contribution in [1.82, 2.24) is 10.2 Å². The second kappa shape index (κ2) is 7.19. The van der Waals surface area contributed by atoms with E-state index in [1.807, 2.05) is 36.9 Å². The zero-order valence-electron chi connectivity index (χ0n) is 12.4. The summed E-state index contributed by atoms with van der Waals surface area (Å²) in [5.74, 6) is -0.306. The Morgan fingerprint density at radius 2 is 1.95 bits per heavy atom. The largest absolute Gasteiger partial charge is 0.379 e. The Morgan fingerprint density at radius 1 is 1.24 bits per heavy atom. The summed E-state index contributed by atoms with van der Waals surface area (Å²) in [6.45, 7) is 6.80. The van der Waals surface area contributed by atoms with Gasteiger partial charge in [-0.2, -0.15) is 0 Å². The van der Waals surface area contributed by atoms with E-state index in [4.69, 9.17) is 4.74 Å². The van der Waals surface area contributed by atoms with Gasteiger partial charge in [-0.3, -0.25) is 15.0 Å². The number of carbonyl (C=O) groups is 2. The molecule has 0 unspecified atom stereocenters. The monoisotopic (exact) mass is 291 g/mol. The fourth-order valence-electron chi connectivity index (χ4n) is 2.24. The van der Waals surface area contributed by atoms with Crippen molar-refractivity contribution >= 4 is 17.6 Å². The fourth-order valence-corrected chi connectivity index (χ4v) is 2.24. The summed E-state index contributed by atoms with van der Waals surface area (Å²) < 4.78 is 5.21. The molecule has 0 aliphatic carbocycles. The maximum absolute atomic E-state index is 11.8. The number of morpholine rings is 1. The van der Waals surface area contributed by atoms with Crippen LogP contribution in [0.15, 0.2) is 18.2 Å². The first-order valence-electron chi connectivity index (χ1n) is 7.03. The number of aryl methyl sites for hydroxylation is 2. The molecule has 1 aliphatic heterocycles. The van der Waals surface area contributed by atoms with E-state index in [1.165, 1.54) is 0 Å². The highest BCUT2D eigenvalue weighted by Gasteiger charge is 2.16. The quantitative estimate of drug-likeness (QED) is 0.880. The lowest BCUT2D eigenvalue weighted by Gasteiger charge is -2.25. The average molecular weight is 291 g/mol. The zero-order valence-corrected chi connectivity index (χ0v) is 12.4. The summed E-state index contributed by atoms with van der Waals surface area (Å²) in [5.41, 5.74) is 2.80. The van der Waals surface area contributed by atoms with E-state index in [1.54, 1.807) is 0 Å². The van der Waals surface area contributed by atoms with Gasteiger partial charge in [-0.1, -0.05) is 17.7 Å². The SMILES string of the molecule is Cc1ccc(NC(=O)NC(=O)CN2CCOCC2)c(C)c1. The third-order valence-corrected chi connectivity index (χ3v) is 3.35. The van der Waals surface area contributed by atoms with E-state index in [0.29, 0.717) is 32.0 Å². The molecule has 1 heterocycles. The topological polar surface area (TPSA) is 70.7 Å². The number of urea groups is 1. The molecule has 1 fully saturated rings. The average Bonchev–Trinajstić information content (AvgIpc) is 2.43. The minimum absolute atomic E-state index is 0.212. The Hall–Kier alpha value is -1.92. The van der Waals surface area contributed by atoms with Gasteiger partial charge in [0, 0.05) is 18.8 Å². The number of amides is 3. The maximum Gasteiger partial charge on any atom is 0.325 e. The van der Waals surface area contributed by atoms with Gasteiger partial charge in [0.15, 0.2) is 0 Å². The van der Waals surface area contributed by atoms with Gasteiger partial charge in [-0.15, -0.1) is 0 Å². The van der Waals surface area contributed by atoms with Gasteiger partial charge < -0.3 is 10.1 Å². The zero-order chi connectivity index (χ0) is 15.2. The molecule has 0 aromatic heterocycles. The fraction of sp³-hybridized carbons (Fsp3) is 0.467. The molecule has 3 amide bonds. The number of anilines is 1. The lowest BCUT2D eigenvalue weighted by Crippen LogP contribution is -2.45. The van der Waals surface area contributed by atoms with Crippen molar-refractivity contribution in [3.05, 3.63) is 29.3 Å². The van der Waals surface area contributed by atoms with Crippen LogP contribution in [0.2, 0.25) is 0 Å². The number of hydrogen-bond donors (Lipinski definition) is 2. The van der Waals surface area contributed by atoms with Crippen molar-refractivity contribution in [2.24, 2.45) is 0 Å². The molecule has 1 saturated heterocycles. The van der Waals surface area contributed by atoms with Gasteiger partial charge in [-0.05, 0) is 25.5 Å². The number of nitrogens with one attached hydrogen (secondary N) is 2. The second-order valence-corrected chi connectivity index (χ2v) is 5.21. The first-order chi connectivity index (χ1) is 10.0. The van der Waals surface area contributed by atoms with Crippen molar-refractivity contribution in [2.45, 2.75) is 13.8 Å². The molecular weight excluding hydrogens is 270 g/mol. The van der Waals surface area contributed by atoms with E-state index in [2.05, 4.69) is 10.6 Å². The van der Waals surface area contributed by atoms with Crippen LogP contribution in [0.1, 0.15) is 11.1 Å². The molecule has 1 aromatic rings. The van der Waals surface area contributed by atoms with Crippen LogP contribution in [0.3, 0.4) is 0 Å². The summed E-state index contributed by atoms with van der Waals surface area (Å²) in [6.07, 6.45) is 0. The van der Waals surface area contributed by atoms with Gasteiger partial charge in [0.2, 0.25) is 5.91 Å². The third-order valence-electron chi connectivity index (χ3n) is 3.35. The second-order valence-electron chi connectivity index (χ2n) is 5.21. The highest BCUT2D eigenvalue weighted by atomic mass is 16.5. The molecule has 6 heteroatoms. The number of hydrogen-bond acceptors (Lipinski definition) is 4. The molecule has 0 spiro atoms. The van der Waals surface area contributed by atoms with Gasteiger partial charge in [-0.25, -0.2) is 4.79 Å². The predicted octanol–water partition coefficient (Wildman–Crippen LogP) is 1.28. The number of carbonyl (C=O) groups excluding carboxylic acids is 2. The van der Waals surface area contributed by atoms with Crippen molar-refractivity contribution < 1.29 is 14.3 Å². The number of ether oxygens (including phenoxy) is 1. The Bertz CT molecular complexity index is 525. The Kier molecular flexibility index (Phi) is 5.30. The first-order valence-corrected chi connectivity index (χ1v) is 7.03.